The van der Waals surface area contributed by atoms with Crippen LogP contribution in [0.4, 0.5) is 5.82 Å². The molecule has 20 heavy (non-hydrogen) atoms. The van der Waals surface area contributed by atoms with Crippen LogP contribution in [0.1, 0.15) is 67.0 Å². The molecule has 6 heteroatoms. The maximum atomic E-state index is 12.3. The summed E-state index contributed by atoms with van der Waals surface area (Å²) in [7, 11) is 0. The van der Waals surface area contributed by atoms with Crippen LogP contribution < -0.4 is 5.32 Å². The number of aromatic amines is 1. The molecule has 0 atom stereocenters. The Morgan fingerprint density at radius 3 is 2.55 bits per heavy atom. The van der Waals surface area contributed by atoms with Crippen molar-refractivity contribution in [2.75, 3.05) is 5.32 Å². The van der Waals surface area contributed by atoms with Crippen LogP contribution in [-0.4, -0.2) is 21.3 Å². The molecule has 1 amide bonds. The Balaban J connectivity index is 2.21. The van der Waals surface area contributed by atoms with Gasteiger partial charge < -0.3 is 9.84 Å². The van der Waals surface area contributed by atoms with Gasteiger partial charge in [-0.1, -0.05) is 32.9 Å². The molecule has 2 heterocycles. The molecule has 0 aliphatic heterocycles. The lowest BCUT2D eigenvalue weighted by molar-refractivity contribution is 0.102. The SMILES string of the molecule is Cc1noc(C(C)C)c1C(=O)Nc1cc(C(C)C)[nH]n1. The number of nitrogens with zero attached hydrogens (tertiary/aromatic N) is 2. The number of carbonyl (C=O) groups excluding carboxylic acids is 1. The normalized spacial score (nSPS) is 11.3. The zero-order chi connectivity index (χ0) is 14.9. The number of aromatic nitrogens is 3. The zero-order valence-electron chi connectivity index (χ0n) is 12.4. The monoisotopic (exact) mass is 276 g/mol. The van der Waals surface area contributed by atoms with Gasteiger partial charge >= 0.3 is 0 Å². The number of rotatable bonds is 4. The van der Waals surface area contributed by atoms with Gasteiger partial charge in [0.2, 0.25) is 0 Å². The summed E-state index contributed by atoms with van der Waals surface area (Å²) in [6.45, 7) is 9.79. The summed E-state index contributed by atoms with van der Waals surface area (Å²) in [5.74, 6) is 1.29. The summed E-state index contributed by atoms with van der Waals surface area (Å²) < 4.78 is 5.22. The minimum absolute atomic E-state index is 0.0994. The van der Waals surface area contributed by atoms with Gasteiger partial charge in [0.1, 0.15) is 5.56 Å². The molecular weight excluding hydrogens is 256 g/mol. The van der Waals surface area contributed by atoms with Crippen LogP contribution in [0.25, 0.3) is 0 Å². The Morgan fingerprint density at radius 1 is 1.30 bits per heavy atom. The Kier molecular flexibility index (Phi) is 3.92. The van der Waals surface area contributed by atoms with E-state index in [0.29, 0.717) is 28.8 Å². The van der Waals surface area contributed by atoms with Crippen LogP contribution in [0.2, 0.25) is 0 Å². The minimum atomic E-state index is -0.241. The topological polar surface area (TPSA) is 83.8 Å². The number of nitrogens with one attached hydrogen (secondary N) is 2. The Labute approximate surface area is 117 Å². The van der Waals surface area contributed by atoms with Crippen molar-refractivity contribution in [3.8, 4) is 0 Å². The van der Waals surface area contributed by atoms with Gasteiger partial charge in [-0.25, -0.2) is 0 Å². The van der Waals surface area contributed by atoms with Crippen LogP contribution in [0, 0.1) is 6.92 Å². The fraction of sp³-hybridized carbons (Fsp3) is 0.500. The number of H-pyrrole nitrogens is 1. The number of amides is 1. The molecule has 2 rings (SSSR count). The molecule has 0 radical (unpaired) electrons. The lowest BCUT2D eigenvalue weighted by Gasteiger charge is -2.04. The minimum Gasteiger partial charge on any atom is -0.360 e. The van der Waals surface area contributed by atoms with Crippen LogP contribution in [0.3, 0.4) is 0 Å². The van der Waals surface area contributed by atoms with Crippen molar-refractivity contribution in [3.05, 3.63) is 28.8 Å². The van der Waals surface area contributed by atoms with Crippen LogP contribution in [-0.2, 0) is 0 Å². The van der Waals surface area contributed by atoms with Crippen molar-refractivity contribution in [2.24, 2.45) is 0 Å². The number of hydrogen-bond acceptors (Lipinski definition) is 4. The maximum absolute atomic E-state index is 12.3. The first-order valence-corrected chi connectivity index (χ1v) is 6.73. The van der Waals surface area contributed by atoms with Gasteiger partial charge in [0.05, 0.1) is 5.69 Å². The summed E-state index contributed by atoms with van der Waals surface area (Å²) in [4.78, 5) is 12.3. The molecule has 2 aromatic heterocycles. The van der Waals surface area contributed by atoms with E-state index in [0.717, 1.165) is 5.69 Å². The molecule has 0 saturated carbocycles. The maximum Gasteiger partial charge on any atom is 0.262 e. The summed E-state index contributed by atoms with van der Waals surface area (Å²) in [5, 5.41) is 13.6. The third-order valence-corrected chi connectivity index (χ3v) is 3.10. The lowest BCUT2D eigenvalue weighted by Crippen LogP contribution is -2.15. The molecule has 0 aliphatic carbocycles. The Morgan fingerprint density at radius 2 is 2.00 bits per heavy atom. The first-order valence-electron chi connectivity index (χ1n) is 6.73. The predicted octanol–water partition coefficient (Wildman–Crippen LogP) is 3.21. The molecule has 0 spiro atoms. The average Bonchev–Trinajstić information content (AvgIpc) is 2.95. The van der Waals surface area contributed by atoms with Crippen molar-refractivity contribution in [3.63, 3.8) is 0 Å². The van der Waals surface area contributed by atoms with Crippen molar-refractivity contribution < 1.29 is 9.32 Å². The van der Waals surface area contributed by atoms with E-state index in [4.69, 9.17) is 4.52 Å². The van der Waals surface area contributed by atoms with Crippen molar-refractivity contribution in [1.82, 2.24) is 15.4 Å². The number of anilines is 1. The largest absolute Gasteiger partial charge is 0.360 e. The Bertz CT molecular complexity index is 610. The van der Waals surface area contributed by atoms with Crippen LogP contribution >= 0.6 is 0 Å². The quantitative estimate of drug-likeness (QED) is 0.898. The second kappa shape index (κ2) is 5.48. The van der Waals surface area contributed by atoms with E-state index in [9.17, 15) is 4.79 Å². The molecule has 2 N–H and O–H groups in total. The van der Waals surface area contributed by atoms with Crippen LogP contribution in [0.5, 0.6) is 0 Å². The highest BCUT2D eigenvalue weighted by Gasteiger charge is 2.23. The van der Waals surface area contributed by atoms with Crippen molar-refractivity contribution >= 4 is 11.7 Å². The molecule has 0 fully saturated rings. The molecule has 0 unspecified atom stereocenters. The first-order chi connectivity index (χ1) is 9.40. The smallest absolute Gasteiger partial charge is 0.262 e. The van der Waals surface area contributed by atoms with Crippen LogP contribution in [0.15, 0.2) is 10.6 Å². The highest BCUT2D eigenvalue weighted by atomic mass is 16.5. The second-order valence-corrected chi connectivity index (χ2v) is 5.48. The summed E-state index contributed by atoms with van der Waals surface area (Å²) in [5.41, 5.74) is 2.06. The zero-order valence-corrected chi connectivity index (χ0v) is 12.4. The van der Waals surface area contributed by atoms with Crippen molar-refractivity contribution in [2.45, 2.75) is 46.5 Å². The fourth-order valence-corrected chi connectivity index (χ4v) is 1.93. The van der Waals surface area contributed by atoms with Gasteiger partial charge in [0, 0.05) is 17.7 Å². The number of aryl methyl sites for hydroxylation is 1. The van der Waals surface area contributed by atoms with Gasteiger partial charge in [-0.3, -0.25) is 9.89 Å². The fourth-order valence-electron chi connectivity index (χ4n) is 1.93. The predicted molar refractivity (Wildman–Crippen MR) is 76.0 cm³/mol. The highest BCUT2D eigenvalue weighted by Crippen LogP contribution is 2.23. The van der Waals surface area contributed by atoms with E-state index in [-0.39, 0.29) is 11.8 Å². The standard InChI is InChI=1S/C14H20N4O2/c1-7(2)10-6-11(17-16-10)15-14(19)12-9(5)18-20-13(12)8(3)4/h6-8H,1-5H3,(H2,15,16,17,19). The Hall–Kier alpha value is -2.11. The first kappa shape index (κ1) is 14.3. The molecular formula is C14H20N4O2. The van der Waals surface area contributed by atoms with E-state index in [1.54, 1.807) is 6.92 Å². The number of carbonyl (C=O) groups is 1. The molecule has 0 bridgehead atoms. The summed E-state index contributed by atoms with van der Waals surface area (Å²) >= 11 is 0. The molecule has 6 nitrogen and oxygen atoms in total. The van der Waals surface area contributed by atoms with Gasteiger partial charge in [0.25, 0.3) is 5.91 Å². The van der Waals surface area contributed by atoms with Gasteiger partial charge in [0.15, 0.2) is 11.6 Å². The van der Waals surface area contributed by atoms with Gasteiger partial charge in [-0.15, -0.1) is 0 Å². The third-order valence-electron chi connectivity index (χ3n) is 3.10. The molecule has 108 valence electrons. The lowest BCUT2D eigenvalue weighted by atomic mass is 10.0. The molecule has 2 aromatic rings. The summed E-state index contributed by atoms with van der Waals surface area (Å²) in [6.07, 6.45) is 0. The average molecular weight is 276 g/mol. The number of hydrogen-bond donors (Lipinski definition) is 2. The highest BCUT2D eigenvalue weighted by molar-refractivity contribution is 6.05. The third kappa shape index (κ3) is 2.74. The molecule has 0 saturated heterocycles. The van der Waals surface area contributed by atoms with E-state index in [2.05, 4.69) is 34.5 Å². The van der Waals surface area contributed by atoms with Crippen molar-refractivity contribution in [1.29, 1.82) is 0 Å². The molecule has 0 aromatic carbocycles. The van der Waals surface area contributed by atoms with Gasteiger partial charge in [-0.2, -0.15) is 5.10 Å². The van der Waals surface area contributed by atoms with E-state index >= 15 is 0 Å². The van der Waals surface area contributed by atoms with E-state index in [1.165, 1.54) is 0 Å². The molecule has 0 aliphatic rings. The summed E-state index contributed by atoms with van der Waals surface area (Å²) in [6, 6.07) is 1.83. The van der Waals surface area contributed by atoms with E-state index in [1.807, 2.05) is 19.9 Å². The van der Waals surface area contributed by atoms with Gasteiger partial charge in [-0.05, 0) is 12.8 Å². The van der Waals surface area contributed by atoms with E-state index < -0.39 is 0 Å². The second-order valence-electron chi connectivity index (χ2n) is 5.48.